The predicted octanol–water partition coefficient (Wildman–Crippen LogP) is 4.28. The Morgan fingerprint density at radius 2 is 1.62 bits per heavy atom. The SMILES string of the molecule is CCc1cc(Br)cc(CC)c1NC(=O)[C@@H]1[C@H]2C=C[C@@H]([C@@H]3C[C@@H]23)[C@H]1C(=O)O. The molecule has 2 saturated carbocycles. The van der Waals surface area contributed by atoms with Gasteiger partial charge in [-0.15, -0.1) is 0 Å². The quantitative estimate of drug-likeness (QED) is 0.702. The number of fused-ring (bicyclic) bond motifs is 1. The number of carboxylic acids is 1. The number of rotatable bonds is 5. The highest BCUT2D eigenvalue weighted by Gasteiger charge is 2.63. The zero-order chi connectivity index (χ0) is 18.6. The van der Waals surface area contributed by atoms with Crippen LogP contribution in [0.5, 0.6) is 0 Å². The lowest BCUT2D eigenvalue weighted by Crippen LogP contribution is -2.48. The fourth-order valence-corrected chi connectivity index (χ4v) is 5.77. The second-order valence-electron chi connectivity index (χ2n) is 7.79. The van der Waals surface area contributed by atoms with Gasteiger partial charge in [0.1, 0.15) is 0 Å². The molecule has 0 aliphatic heterocycles. The monoisotopic (exact) mass is 417 g/mol. The van der Waals surface area contributed by atoms with Crippen molar-refractivity contribution in [1.82, 2.24) is 0 Å². The molecule has 26 heavy (non-hydrogen) atoms. The van der Waals surface area contributed by atoms with E-state index < -0.39 is 17.8 Å². The van der Waals surface area contributed by atoms with Gasteiger partial charge in [0.2, 0.25) is 5.91 Å². The van der Waals surface area contributed by atoms with E-state index in [0.717, 1.165) is 40.5 Å². The van der Waals surface area contributed by atoms with E-state index in [1.54, 1.807) is 0 Å². The van der Waals surface area contributed by atoms with Crippen LogP contribution in [-0.4, -0.2) is 17.0 Å². The van der Waals surface area contributed by atoms with Crippen molar-refractivity contribution < 1.29 is 14.7 Å². The summed E-state index contributed by atoms with van der Waals surface area (Å²) >= 11 is 3.54. The minimum Gasteiger partial charge on any atom is -0.481 e. The zero-order valence-electron chi connectivity index (χ0n) is 15.0. The molecule has 0 radical (unpaired) electrons. The van der Waals surface area contributed by atoms with Crippen molar-refractivity contribution >= 4 is 33.5 Å². The summed E-state index contributed by atoms with van der Waals surface area (Å²) in [6, 6.07) is 4.07. The molecule has 5 rings (SSSR count). The van der Waals surface area contributed by atoms with Crippen LogP contribution in [0.1, 0.15) is 31.4 Å². The number of hydrogen-bond acceptors (Lipinski definition) is 2. The third-order valence-corrected chi connectivity index (χ3v) is 6.97. The van der Waals surface area contributed by atoms with Crippen LogP contribution in [0.3, 0.4) is 0 Å². The van der Waals surface area contributed by atoms with E-state index in [2.05, 4.69) is 47.2 Å². The summed E-state index contributed by atoms with van der Waals surface area (Å²) in [5.41, 5.74) is 3.03. The van der Waals surface area contributed by atoms with E-state index in [-0.39, 0.29) is 17.7 Å². The Morgan fingerprint density at radius 1 is 1.08 bits per heavy atom. The number of benzene rings is 1. The zero-order valence-corrected chi connectivity index (χ0v) is 16.6. The van der Waals surface area contributed by atoms with E-state index in [9.17, 15) is 14.7 Å². The van der Waals surface area contributed by atoms with Crippen molar-refractivity contribution in [2.75, 3.05) is 5.32 Å². The highest BCUT2D eigenvalue weighted by atomic mass is 79.9. The van der Waals surface area contributed by atoms with Crippen molar-refractivity contribution in [3.05, 3.63) is 39.9 Å². The molecule has 0 saturated heterocycles. The number of amides is 1. The Hall–Kier alpha value is -1.62. The number of carboxylic acid groups (broad SMARTS) is 1. The fourth-order valence-electron chi connectivity index (χ4n) is 5.22. The van der Waals surface area contributed by atoms with Crippen LogP contribution in [0.15, 0.2) is 28.8 Å². The number of carbonyl (C=O) groups excluding carboxylic acids is 1. The first-order chi connectivity index (χ1) is 12.5. The van der Waals surface area contributed by atoms with Crippen LogP contribution in [0.2, 0.25) is 0 Å². The van der Waals surface area contributed by atoms with E-state index in [0.29, 0.717) is 11.8 Å². The molecule has 0 spiro atoms. The van der Waals surface area contributed by atoms with Crippen LogP contribution in [0, 0.1) is 35.5 Å². The summed E-state index contributed by atoms with van der Waals surface area (Å²) in [5.74, 6) is -0.983. The molecule has 2 bridgehead atoms. The van der Waals surface area contributed by atoms with Gasteiger partial charge in [0.25, 0.3) is 0 Å². The lowest BCUT2D eigenvalue weighted by molar-refractivity contribution is -0.152. The number of allylic oxidation sites excluding steroid dienone is 2. The molecule has 0 unspecified atom stereocenters. The summed E-state index contributed by atoms with van der Waals surface area (Å²) < 4.78 is 1.01. The predicted molar refractivity (Wildman–Crippen MR) is 104 cm³/mol. The van der Waals surface area contributed by atoms with E-state index in [1.807, 2.05) is 12.1 Å². The van der Waals surface area contributed by atoms with Gasteiger partial charge >= 0.3 is 5.97 Å². The fraction of sp³-hybridized carbons (Fsp3) is 0.524. The highest BCUT2D eigenvalue weighted by molar-refractivity contribution is 9.10. The second kappa shape index (κ2) is 6.52. The van der Waals surface area contributed by atoms with E-state index in [1.165, 1.54) is 0 Å². The van der Waals surface area contributed by atoms with Crippen LogP contribution >= 0.6 is 15.9 Å². The maximum atomic E-state index is 13.2. The van der Waals surface area contributed by atoms with Crippen molar-refractivity contribution in [1.29, 1.82) is 0 Å². The van der Waals surface area contributed by atoms with E-state index in [4.69, 9.17) is 0 Å². The Balaban J connectivity index is 1.66. The van der Waals surface area contributed by atoms with Crippen molar-refractivity contribution in [3.63, 3.8) is 0 Å². The molecule has 6 atom stereocenters. The number of halogens is 1. The minimum absolute atomic E-state index is 0.0134. The van der Waals surface area contributed by atoms with Crippen molar-refractivity contribution in [2.45, 2.75) is 33.1 Å². The topological polar surface area (TPSA) is 66.4 Å². The second-order valence-corrected chi connectivity index (χ2v) is 8.70. The highest BCUT2D eigenvalue weighted by Crippen LogP contribution is 2.63. The van der Waals surface area contributed by atoms with Gasteiger partial charge in [0.05, 0.1) is 11.8 Å². The van der Waals surface area contributed by atoms with Crippen molar-refractivity contribution in [2.24, 2.45) is 35.5 Å². The van der Waals surface area contributed by atoms with Gasteiger partial charge < -0.3 is 10.4 Å². The van der Waals surface area contributed by atoms with E-state index >= 15 is 0 Å². The molecule has 0 aromatic heterocycles. The number of aliphatic carboxylic acids is 1. The molecule has 5 heteroatoms. The van der Waals surface area contributed by atoms with Crippen molar-refractivity contribution in [3.8, 4) is 0 Å². The molecular weight excluding hydrogens is 394 g/mol. The van der Waals surface area contributed by atoms with Gasteiger partial charge in [0.15, 0.2) is 0 Å². The molecule has 1 amide bonds. The van der Waals surface area contributed by atoms with Gasteiger partial charge in [0, 0.05) is 10.2 Å². The summed E-state index contributed by atoms with van der Waals surface area (Å²) in [6.45, 7) is 4.13. The Labute approximate surface area is 162 Å². The lowest BCUT2D eigenvalue weighted by atomic mass is 9.62. The molecule has 138 valence electrons. The minimum atomic E-state index is -0.836. The summed E-state index contributed by atoms with van der Waals surface area (Å²) in [6.07, 6.45) is 6.84. The number of nitrogens with one attached hydrogen (secondary N) is 1. The molecule has 1 aromatic carbocycles. The number of carbonyl (C=O) groups is 2. The molecule has 4 nitrogen and oxygen atoms in total. The number of hydrogen-bond donors (Lipinski definition) is 2. The average Bonchev–Trinajstić information content (AvgIpc) is 3.44. The Kier molecular flexibility index (Phi) is 4.46. The third-order valence-electron chi connectivity index (χ3n) is 6.52. The molecular formula is C21H24BrNO3. The summed E-state index contributed by atoms with van der Waals surface area (Å²) in [7, 11) is 0. The van der Waals surface area contributed by atoms with Gasteiger partial charge in [-0.3, -0.25) is 9.59 Å². The van der Waals surface area contributed by atoms with Gasteiger partial charge in [-0.1, -0.05) is 41.9 Å². The van der Waals surface area contributed by atoms with Crippen LogP contribution < -0.4 is 5.32 Å². The first kappa shape index (κ1) is 17.8. The average molecular weight is 418 g/mol. The standard InChI is InChI=1S/C21H24BrNO3/c1-3-10-7-12(22)8-11(4-2)19(10)23-20(24)17-13-5-6-14(16-9-15(13)16)18(17)21(25)26/h5-8,13-18H,3-4,9H2,1-2H3,(H,23,24)(H,25,26)/t13-,14-,15-,16-,17+,18+/m0/s1. The Morgan fingerprint density at radius 3 is 2.12 bits per heavy atom. The maximum absolute atomic E-state index is 13.2. The summed E-state index contributed by atoms with van der Waals surface area (Å²) in [4.78, 5) is 25.2. The normalized spacial score (nSPS) is 33.7. The van der Waals surface area contributed by atoms with Crippen LogP contribution in [-0.2, 0) is 22.4 Å². The third kappa shape index (κ3) is 2.72. The molecule has 2 N–H and O–H groups in total. The van der Waals surface area contributed by atoms with Crippen LogP contribution in [0.4, 0.5) is 5.69 Å². The first-order valence-corrected chi connectivity index (χ1v) is 10.3. The largest absolute Gasteiger partial charge is 0.481 e. The summed E-state index contributed by atoms with van der Waals surface area (Å²) in [5, 5.41) is 12.9. The number of aryl methyl sites for hydroxylation is 2. The maximum Gasteiger partial charge on any atom is 0.307 e. The molecule has 4 aliphatic carbocycles. The van der Waals surface area contributed by atoms with Gasteiger partial charge in [-0.25, -0.2) is 0 Å². The molecule has 0 heterocycles. The van der Waals surface area contributed by atoms with Crippen LogP contribution in [0.25, 0.3) is 0 Å². The van der Waals surface area contributed by atoms with Gasteiger partial charge in [-0.2, -0.15) is 0 Å². The molecule has 2 fully saturated rings. The Bertz CT molecular complexity index is 777. The molecule has 4 aliphatic rings. The molecule has 1 aromatic rings. The van der Waals surface area contributed by atoms with Gasteiger partial charge in [-0.05, 0) is 66.2 Å². The first-order valence-electron chi connectivity index (χ1n) is 9.49. The smallest absolute Gasteiger partial charge is 0.307 e. The lowest BCUT2D eigenvalue weighted by Gasteiger charge is -2.41. The number of anilines is 1.